The van der Waals surface area contributed by atoms with Crippen molar-refractivity contribution in [3.63, 3.8) is 0 Å². The number of carbonyl (C=O) groups is 1. The monoisotopic (exact) mass is 278 g/mol. The van der Waals surface area contributed by atoms with Crippen molar-refractivity contribution in [2.75, 3.05) is 25.5 Å². The Morgan fingerprint density at radius 3 is 2.75 bits per heavy atom. The van der Waals surface area contributed by atoms with E-state index in [1.165, 1.54) is 6.07 Å². The Labute approximate surface area is 119 Å². The lowest BCUT2D eigenvalue weighted by Gasteiger charge is -2.35. The second-order valence-electron chi connectivity index (χ2n) is 5.22. The van der Waals surface area contributed by atoms with Crippen LogP contribution in [0, 0.1) is 5.41 Å². The third-order valence-corrected chi connectivity index (χ3v) is 4.17. The van der Waals surface area contributed by atoms with Crippen LogP contribution in [0.3, 0.4) is 0 Å². The van der Waals surface area contributed by atoms with Crippen molar-refractivity contribution in [3.05, 3.63) is 18.2 Å². The summed E-state index contributed by atoms with van der Waals surface area (Å²) in [5, 5.41) is 16.0. The second-order valence-corrected chi connectivity index (χ2v) is 5.22. The molecule has 3 N–H and O–H groups in total. The van der Waals surface area contributed by atoms with E-state index < -0.39 is 0 Å². The van der Waals surface area contributed by atoms with Crippen LogP contribution in [0.4, 0.5) is 5.69 Å². The van der Waals surface area contributed by atoms with E-state index in [9.17, 15) is 9.90 Å². The summed E-state index contributed by atoms with van der Waals surface area (Å²) < 4.78 is 5.12. The molecule has 20 heavy (non-hydrogen) atoms. The van der Waals surface area contributed by atoms with Gasteiger partial charge in [0, 0.05) is 6.07 Å². The highest BCUT2D eigenvalue weighted by Gasteiger charge is 2.37. The van der Waals surface area contributed by atoms with Crippen molar-refractivity contribution in [2.24, 2.45) is 5.41 Å². The number of phenols is 1. The average Bonchev–Trinajstić information content (AvgIpc) is 2.50. The molecular formula is C15H22N2O3. The Bertz CT molecular complexity index is 482. The van der Waals surface area contributed by atoms with Gasteiger partial charge in [0.15, 0.2) is 0 Å². The zero-order chi connectivity index (χ0) is 14.6. The fraction of sp³-hybridized carbons (Fsp3) is 0.533. The van der Waals surface area contributed by atoms with Crippen molar-refractivity contribution in [1.29, 1.82) is 0 Å². The fourth-order valence-electron chi connectivity index (χ4n) is 2.64. The van der Waals surface area contributed by atoms with Gasteiger partial charge in [0.25, 0.3) is 0 Å². The molecule has 2 rings (SSSR count). The zero-order valence-corrected chi connectivity index (χ0v) is 12.0. The van der Waals surface area contributed by atoms with Gasteiger partial charge in [-0.05, 0) is 44.5 Å². The van der Waals surface area contributed by atoms with Gasteiger partial charge in [-0.15, -0.1) is 0 Å². The average molecular weight is 278 g/mol. The molecule has 0 bridgehead atoms. The van der Waals surface area contributed by atoms with E-state index in [2.05, 4.69) is 10.6 Å². The highest BCUT2D eigenvalue weighted by molar-refractivity contribution is 5.96. The summed E-state index contributed by atoms with van der Waals surface area (Å²) in [6, 6.07) is 4.82. The topological polar surface area (TPSA) is 70.6 Å². The minimum Gasteiger partial charge on any atom is -0.506 e. The number of hydrogen-bond acceptors (Lipinski definition) is 4. The first kappa shape index (κ1) is 14.7. The Morgan fingerprint density at radius 2 is 2.15 bits per heavy atom. The number of rotatable bonds is 4. The van der Waals surface area contributed by atoms with Crippen molar-refractivity contribution in [1.82, 2.24) is 5.32 Å². The maximum absolute atomic E-state index is 12.6. The van der Waals surface area contributed by atoms with Crippen LogP contribution in [0.15, 0.2) is 18.2 Å². The van der Waals surface area contributed by atoms with Crippen LogP contribution in [0.25, 0.3) is 0 Å². The molecule has 1 aliphatic rings. The minimum atomic E-state index is -0.346. The smallest absolute Gasteiger partial charge is 0.230 e. The van der Waals surface area contributed by atoms with Gasteiger partial charge in [-0.25, -0.2) is 0 Å². The normalized spacial score (nSPS) is 17.5. The maximum atomic E-state index is 12.6. The van der Waals surface area contributed by atoms with Crippen LogP contribution in [-0.4, -0.2) is 31.2 Å². The predicted molar refractivity (Wildman–Crippen MR) is 78.1 cm³/mol. The third kappa shape index (κ3) is 2.88. The Balaban J connectivity index is 2.18. The first-order chi connectivity index (χ1) is 9.61. The summed E-state index contributed by atoms with van der Waals surface area (Å²) in [6.45, 7) is 3.74. The van der Waals surface area contributed by atoms with Crippen LogP contribution >= 0.6 is 0 Å². The van der Waals surface area contributed by atoms with Gasteiger partial charge >= 0.3 is 0 Å². The van der Waals surface area contributed by atoms with E-state index in [4.69, 9.17) is 4.74 Å². The number of anilines is 1. The molecule has 1 saturated heterocycles. The number of benzene rings is 1. The molecule has 1 aromatic rings. The van der Waals surface area contributed by atoms with Crippen LogP contribution in [0.5, 0.6) is 11.5 Å². The maximum Gasteiger partial charge on any atom is 0.230 e. The van der Waals surface area contributed by atoms with Crippen molar-refractivity contribution in [3.8, 4) is 11.5 Å². The van der Waals surface area contributed by atoms with E-state index in [1.54, 1.807) is 19.2 Å². The van der Waals surface area contributed by atoms with Crippen molar-refractivity contribution in [2.45, 2.75) is 26.2 Å². The first-order valence-electron chi connectivity index (χ1n) is 7.00. The summed E-state index contributed by atoms with van der Waals surface area (Å²) in [5.74, 6) is 0.637. The van der Waals surface area contributed by atoms with Gasteiger partial charge in [-0.1, -0.05) is 6.92 Å². The van der Waals surface area contributed by atoms with Crippen LogP contribution in [0.1, 0.15) is 26.2 Å². The van der Waals surface area contributed by atoms with E-state index >= 15 is 0 Å². The molecule has 1 aromatic carbocycles. The van der Waals surface area contributed by atoms with E-state index in [-0.39, 0.29) is 17.1 Å². The van der Waals surface area contributed by atoms with Crippen LogP contribution < -0.4 is 15.4 Å². The number of methoxy groups -OCH3 is 1. The molecular weight excluding hydrogens is 256 g/mol. The van der Waals surface area contributed by atoms with E-state index in [0.717, 1.165) is 32.4 Å². The Hall–Kier alpha value is -1.75. The molecule has 0 saturated carbocycles. The summed E-state index contributed by atoms with van der Waals surface area (Å²) >= 11 is 0. The van der Waals surface area contributed by atoms with Gasteiger partial charge in [-0.3, -0.25) is 4.79 Å². The minimum absolute atomic E-state index is 0.0231. The molecule has 0 radical (unpaired) electrons. The summed E-state index contributed by atoms with van der Waals surface area (Å²) in [5.41, 5.74) is 0.0570. The number of hydrogen-bond donors (Lipinski definition) is 3. The number of amides is 1. The fourth-order valence-corrected chi connectivity index (χ4v) is 2.64. The standard InChI is InChI=1S/C15H22N2O3/c1-3-15(6-8-16-9-7-15)14(19)17-12-10-11(20-2)4-5-13(12)18/h4-5,10,16,18H,3,6-9H2,1-2H3,(H,17,19). The quantitative estimate of drug-likeness (QED) is 0.738. The third-order valence-electron chi connectivity index (χ3n) is 4.17. The number of phenolic OH excluding ortho intramolecular Hbond substituents is 1. The molecule has 0 aromatic heterocycles. The zero-order valence-electron chi connectivity index (χ0n) is 12.0. The summed E-state index contributed by atoms with van der Waals surface area (Å²) in [4.78, 5) is 12.6. The highest BCUT2D eigenvalue weighted by atomic mass is 16.5. The number of nitrogens with one attached hydrogen (secondary N) is 2. The molecule has 1 fully saturated rings. The lowest BCUT2D eigenvalue weighted by atomic mass is 9.76. The number of piperidine rings is 1. The van der Waals surface area contributed by atoms with Crippen molar-refractivity contribution < 1.29 is 14.6 Å². The molecule has 1 heterocycles. The van der Waals surface area contributed by atoms with Crippen molar-refractivity contribution >= 4 is 11.6 Å². The largest absolute Gasteiger partial charge is 0.506 e. The number of carbonyl (C=O) groups excluding carboxylic acids is 1. The molecule has 5 heteroatoms. The highest BCUT2D eigenvalue weighted by Crippen LogP contribution is 2.36. The first-order valence-corrected chi connectivity index (χ1v) is 7.00. The summed E-state index contributed by atoms with van der Waals surface area (Å²) in [6.07, 6.45) is 2.44. The lowest BCUT2D eigenvalue weighted by molar-refractivity contribution is -0.127. The van der Waals surface area contributed by atoms with Gasteiger partial charge in [0.2, 0.25) is 5.91 Å². The molecule has 110 valence electrons. The Morgan fingerprint density at radius 1 is 1.45 bits per heavy atom. The lowest BCUT2D eigenvalue weighted by Crippen LogP contribution is -2.44. The van der Waals surface area contributed by atoms with Crippen LogP contribution in [0.2, 0.25) is 0 Å². The second kappa shape index (κ2) is 6.13. The van der Waals surface area contributed by atoms with Crippen LogP contribution in [-0.2, 0) is 4.79 Å². The summed E-state index contributed by atoms with van der Waals surface area (Å²) in [7, 11) is 1.55. The number of ether oxygens (including phenoxy) is 1. The van der Waals surface area contributed by atoms with Gasteiger partial charge in [0.05, 0.1) is 18.2 Å². The van der Waals surface area contributed by atoms with Gasteiger partial charge in [0.1, 0.15) is 11.5 Å². The van der Waals surface area contributed by atoms with E-state index in [1.807, 2.05) is 6.92 Å². The molecule has 1 aliphatic heterocycles. The molecule has 0 aliphatic carbocycles. The molecule has 0 unspecified atom stereocenters. The molecule has 0 atom stereocenters. The number of aromatic hydroxyl groups is 1. The molecule has 1 amide bonds. The predicted octanol–water partition coefficient (Wildman–Crippen LogP) is 2.12. The molecule has 5 nitrogen and oxygen atoms in total. The Kier molecular flexibility index (Phi) is 4.49. The SMILES string of the molecule is CCC1(C(=O)Nc2cc(OC)ccc2O)CCNCC1. The van der Waals surface area contributed by atoms with Gasteiger partial charge < -0.3 is 20.5 Å². The van der Waals surface area contributed by atoms with E-state index in [0.29, 0.717) is 11.4 Å². The molecule has 0 spiro atoms. The van der Waals surface area contributed by atoms with Gasteiger partial charge in [-0.2, -0.15) is 0 Å².